The second-order valence-electron chi connectivity index (χ2n) is 6.35. The van der Waals surface area contributed by atoms with Crippen LogP contribution in [0.15, 0.2) is 36.1 Å². The molecular weight excluding hydrogens is 290 g/mol. The predicted octanol–water partition coefficient (Wildman–Crippen LogP) is 3.78. The van der Waals surface area contributed by atoms with Crippen molar-refractivity contribution in [3.05, 3.63) is 41.7 Å². The number of nitrogens with one attached hydrogen (secondary N) is 1. The fourth-order valence-electron chi connectivity index (χ4n) is 2.99. The summed E-state index contributed by atoms with van der Waals surface area (Å²) in [5.41, 5.74) is 0.866. The quantitative estimate of drug-likeness (QED) is 0.642. The van der Waals surface area contributed by atoms with Crippen LogP contribution in [-0.4, -0.2) is 11.8 Å². The average molecular weight is 315 g/mol. The van der Waals surface area contributed by atoms with Crippen LogP contribution in [0.5, 0.6) is 5.75 Å². The molecule has 2 amide bonds. The van der Waals surface area contributed by atoms with Crippen LogP contribution >= 0.6 is 0 Å². The molecule has 4 heteroatoms. The molecule has 0 aliphatic carbocycles. The summed E-state index contributed by atoms with van der Waals surface area (Å²) in [5, 5.41) is 2.47. The molecule has 1 aromatic carbocycles. The van der Waals surface area contributed by atoms with Crippen molar-refractivity contribution in [3.63, 3.8) is 0 Å². The zero-order valence-corrected chi connectivity index (χ0v) is 14.3. The number of hydrogen-bond acceptors (Lipinski definition) is 3. The SMILES string of the molecule is C/C=C(/CC)Oc1ccc(C2C(=O)NC(=O)C2CC(C)C)cc1. The molecule has 2 atom stereocenters. The average Bonchev–Trinajstić information content (AvgIpc) is 2.79. The number of benzene rings is 1. The molecule has 2 unspecified atom stereocenters. The second kappa shape index (κ2) is 7.44. The molecule has 1 aliphatic rings. The van der Waals surface area contributed by atoms with Crippen LogP contribution < -0.4 is 10.1 Å². The Bertz CT molecular complexity index is 602. The molecule has 1 aliphatic heterocycles. The Labute approximate surface area is 137 Å². The number of hydrogen-bond donors (Lipinski definition) is 1. The van der Waals surface area contributed by atoms with Gasteiger partial charge in [-0.1, -0.05) is 32.9 Å². The molecule has 1 saturated heterocycles. The first-order chi connectivity index (χ1) is 11.0. The summed E-state index contributed by atoms with van der Waals surface area (Å²) in [6.45, 7) is 8.10. The molecule has 0 aromatic heterocycles. The number of allylic oxidation sites excluding steroid dienone is 2. The van der Waals surface area contributed by atoms with E-state index in [2.05, 4.69) is 19.2 Å². The van der Waals surface area contributed by atoms with E-state index >= 15 is 0 Å². The van der Waals surface area contributed by atoms with Gasteiger partial charge in [-0.05, 0) is 43.0 Å². The van der Waals surface area contributed by atoms with E-state index in [0.717, 1.165) is 23.5 Å². The van der Waals surface area contributed by atoms with Crippen molar-refractivity contribution in [1.82, 2.24) is 5.32 Å². The fourth-order valence-corrected chi connectivity index (χ4v) is 2.99. The monoisotopic (exact) mass is 315 g/mol. The summed E-state index contributed by atoms with van der Waals surface area (Å²) in [6.07, 6.45) is 3.48. The van der Waals surface area contributed by atoms with Crippen molar-refractivity contribution >= 4 is 11.8 Å². The standard InChI is InChI=1S/C19H25NO3/c1-5-14(6-2)23-15-9-7-13(8-10-15)17-16(11-12(3)4)18(21)20-19(17)22/h5,7-10,12,16-17H,6,11H2,1-4H3,(H,20,21,22)/b14-5-. The van der Waals surface area contributed by atoms with Gasteiger partial charge in [0.2, 0.25) is 11.8 Å². The maximum atomic E-state index is 12.2. The molecule has 0 spiro atoms. The number of ether oxygens (including phenoxy) is 1. The lowest BCUT2D eigenvalue weighted by molar-refractivity contribution is -0.126. The van der Waals surface area contributed by atoms with Gasteiger partial charge in [-0.2, -0.15) is 0 Å². The summed E-state index contributed by atoms with van der Waals surface area (Å²) < 4.78 is 5.76. The molecule has 4 nitrogen and oxygen atoms in total. The largest absolute Gasteiger partial charge is 0.462 e. The summed E-state index contributed by atoms with van der Waals surface area (Å²) >= 11 is 0. The van der Waals surface area contributed by atoms with Crippen molar-refractivity contribution < 1.29 is 14.3 Å². The van der Waals surface area contributed by atoms with E-state index in [1.54, 1.807) is 0 Å². The van der Waals surface area contributed by atoms with Crippen molar-refractivity contribution in [2.24, 2.45) is 11.8 Å². The summed E-state index contributed by atoms with van der Waals surface area (Å²) in [7, 11) is 0. The second-order valence-corrected chi connectivity index (χ2v) is 6.35. The number of carbonyl (C=O) groups is 2. The van der Waals surface area contributed by atoms with Gasteiger partial charge >= 0.3 is 0 Å². The van der Waals surface area contributed by atoms with E-state index in [1.807, 2.05) is 44.2 Å². The van der Waals surface area contributed by atoms with E-state index in [-0.39, 0.29) is 17.7 Å². The third-order valence-corrected chi connectivity index (χ3v) is 4.15. The summed E-state index contributed by atoms with van der Waals surface area (Å²) in [6, 6.07) is 7.48. The molecule has 0 radical (unpaired) electrons. The Morgan fingerprint density at radius 2 is 1.87 bits per heavy atom. The third-order valence-electron chi connectivity index (χ3n) is 4.15. The number of amides is 2. The molecule has 1 N–H and O–H groups in total. The minimum atomic E-state index is -0.397. The summed E-state index contributed by atoms with van der Waals surface area (Å²) in [4.78, 5) is 24.2. The van der Waals surface area contributed by atoms with Gasteiger partial charge in [-0.25, -0.2) is 0 Å². The van der Waals surface area contributed by atoms with Gasteiger partial charge in [0.15, 0.2) is 0 Å². The van der Waals surface area contributed by atoms with Crippen molar-refractivity contribution in [2.45, 2.75) is 46.5 Å². The van der Waals surface area contributed by atoms with Crippen LogP contribution in [0, 0.1) is 11.8 Å². The number of imide groups is 1. The van der Waals surface area contributed by atoms with E-state index in [4.69, 9.17) is 4.74 Å². The van der Waals surface area contributed by atoms with Gasteiger partial charge in [0.1, 0.15) is 5.75 Å². The lowest BCUT2D eigenvalue weighted by Gasteiger charge is -2.18. The lowest BCUT2D eigenvalue weighted by Crippen LogP contribution is -2.22. The Hall–Kier alpha value is -2.10. The molecule has 0 saturated carbocycles. The maximum absolute atomic E-state index is 12.2. The Balaban J connectivity index is 2.19. The molecule has 1 fully saturated rings. The zero-order chi connectivity index (χ0) is 17.0. The van der Waals surface area contributed by atoms with E-state index in [9.17, 15) is 9.59 Å². The van der Waals surface area contributed by atoms with Crippen molar-refractivity contribution in [1.29, 1.82) is 0 Å². The Morgan fingerprint density at radius 3 is 2.39 bits per heavy atom. The normalized spacial score (nSPS) is 21.7. The van der Waals surface area contributed by atoms with E-state index in [0.29, 0.717) is 12.3 Å². The smallest absolute Gasteiger partial charge is 0.234 e. The van der Waals surface area contributed by atoms with Gasteiger partial charge in [0.25, 0.3) is 0 Å². The first-order valence-corrected chi connectivity index (χ1v) is 8.24. The highest BCUT2D eigenvalue weighted by molar-refractivity contribution is 6.07. The highest BCUT2D eigenvalue weighted by Gasteiger charge is 2.42. The van der Waals surface area contributed by atoms with Crippen LogP contribution in [0.1, 0.15) is 52.0 Å². The molecule has 124 valence electrons. The van der Waals surface area contributed by atoms with E-state index in [1.165, 1.54) is 0 Å². The first-order valence-electron chi connectivity index (χ1n) is 8.24. The number of rotatable bonds is 6. The highest BCUT2D eigenvalue weighted by Crippen LogP contribution is 2.35. The van der Waals surface area contributed by atoms with Gasteiger partial charge in [0, 0.05) is 6.42 Å². The van der Waals surface area contributed by atoms with E-state index < -0.39 is 5.92 Å². The lowest BCUT2D eigenvalue weighted by atomic mass is 9.83. The number of carbonyl (C=O) groups excluding carboxylic acids is 2. The van der Waals surface area contributed by atoms with Gasteiger partial charge in [-0.3, -0.25) is 14.9 Å². The minimum Gasteiger partial charge on any atom is -0.462 e. The fraction of sp³-hybridized carbons (Fsp3) is 0.474. The topological polar surface area (TPSA) is 55.4 Å². The Morgan fingerprint density at radius 1 is 1.22 bits per heavy atom. The van der Waals surface area contributed by atoms with Gasteiger partial charge < -0.3 is 4.74 Å². The van der Waals surface area contributed by atoms with Crippen molar-refractivity contribution in [2.75, 3.05) is 0 Å². The molecule has 23 heavy (non-hydrogen) atoms. The summed E-state index contributed by atoms with van der Waals surface area (Å²) in [5.74, 6) is 0.983. The third kappa shape index (κ3) is 4.01. The molecule has 2 rings (SSSR count). The Kier molecular flexibility index (Phi) is 5.59. The predicted molar refractivity (Wildman–Crippen MR) is 90.0 cm³/mol. The zero-order valence-electron chi connectivity index (χ0n) is 14.3. The van der Waals surface area contributed by atoms with Crippen LogP contribution in [-0.2, 0) is 9.59 Å². The van der Waals surface area contributed by atoms with Crippen LogP contribution in [0.3, 0.4) is 0 Å². The van der Waals surface area contributed by atoms with Crippen molar-refractivity contribution in [3.8, 4) is 5.75 Å². The minimum absolute atomic E-state index is 0.156. The molecule has 1 heterocycles. The molecular formula is C19H25NO3. The van der Waals surface area contributed by atoms with Crippen LogP contribution in [0.4, 0.5) is 0 Å². The molecule has 0 bridgehead atoms. The van der Waals surface area contributed by atoms with Crippen LogP contribution in [0.25, 0.3) is 0 Å². The maximum Gasteiger partial charge on any atom is 0.234 e. The molecule has 1 aromatic rings. The highest BCUT2D eigenvalue weighted by atomic mass is 16.5. The van der Waals surface area contributed by atoms with Gasteiger partial charge in [-0.15, -0.1) is 0 Å². The van der Waals surface area contributed by atoms with Gasteiger partial charge in [0.05, 0.1) is 17.6 Å². The first kappa shape index (κ1) is 17.3. The van der Waals surface area contributed by atoms with Crippen LogP contribution in [0.2, 0.25) is 0 Å².